The molecule has 164 valence electrons. The second kappa shape index (κ2) is 9.76. The largest absolute Gasteiger partial charge is 0.497 e. The van der Waals surface area contributed by atoms with E-state index >= 15 is 0 Å². The highest BCUT2D eigenvalue weighted by molar-refractivity contribution is 7.19. The second-order valence-corrected chi connectivity index (χ2v) is 8.22. The normalized spacial score (nSPS) is 11.8. The highest BCUT2D eigenvalue weighted by atomic mass is 32.1. The first-order valence-corrected chi connectivity index (χ1v) is 11.0. The minimum Gasteiger partial charge on any atom is -0.497 e. The Morgan fingerprint density at radius 3 is 2.72 bits per heavy atom. The van der Waals surface area contributed by atoms with Gasteiger partial charge in [-0.25, -0.2) is 9.97 Å². The summed E-state index contributed by atoms with van der Waals surface area (Å²) in [6.45, 7) is 2.03. The van der Waals surface area contributed by atoms with E-state index in [0.29, 0.717) is 11.7 Å². The van der Waals surface area contributed by atoms with Crippen LogP contribution >= 0.6 is 11.3 Å². The number of thiazole rings is 1. The zero-order valence-electron chi connectivity index (χ0n) is 18.1. The smallest absolute Gasteiger partial charge is 0.255 e. The van der Waals surface area contributed by atoms with Crippen molar-refractivity contribution in [3.8, 4) is 27.7 Å². The number of anilines is 1. The first-order chi connectivity index (χ1) is 15.5. The first-order valence-electron chi connectivity index (χ1n) is 10.1. The van der Waals surface area contributed by atoms with E-state index in [-0.39, 0.29) is 5.91 Å². The molecule has 0 radical (unpaired) electrons. The minimum atomic E-state index is -0.651. The molecule has 4 rings (SSSR count). The van der Waals surface area contributed by atoms with Gasteiger partial charge in [0.2, 0.25) is 0 Å². The number of aryl methyl sites for hydroxylation is 1. The van der Waals surface area contributed by atoms with E-state index in [0.717, 1.165) is 33.3 Å². The molecule has 1 atom stereocenters. The maximum Gasteiger partial charge on any atom is 0.255 e. The van der Waals surface area contributed by atoms with Crippen molar-refractivity contribution in [1.82, 2.24) is 14.5 Å². The van der Waals surface area contributed by atoms with Crippen molar-refractivity contribution in [1.29, 1.82) is 0 Å². The quantitative estimate of drug-likeness (QED) is 0.420. The summed E-state index contributed by atoms with van der Waals surface area (Å²) in [7, 11) is 3.55. The second-order valence-electron chi connectivity index (χ2n) is 7.22. The number of amides is 1. The maximum atomic E-state index is 12.8. The summed E-state index contributed by atoms with van der Waals surface area (Å²) in [6.07, 6.45) is 2.98. The van der Waals surface area contributed by atoms with Crippen molar-refractivity contribution in [2.75, 3.05) is 12.4 Å². The number of carbonyl (C=O) groups is 1. The van der Waals surface area contributed by atoms with Gasteiger partial charge in [0.25, 0.3) is 5.91 Å². The fourth-order valence-corrected chi connectivity index (χ4v) is 4.20. The molecule has 8 heteroatoms. The van der Waals surface area contributed by atoms with Crippen molar-refractivity contribution in [2.45, 2.75) is 19.6 Å². The van der Waals surface area contributed by atoms with Gasteiger partial charge in [0.05, 0.1) is 24.3 Å². The van der Waals surface area contributed by atoms with Crippen LogP contribution in [0.1, 0.15) is 12.5 Å². The lowest BCUT2D eigenvalue weighted by molar-refractivity contribution is -0.127. The van der Waals surface area contributed by atoms with E-state index in [4.69, 9.17) is 14.5 Å². The number of hydrogen-bond donors (Lipinski definition) is 1. The number of nitrogens with zero attached hydrogens (tertiary/aromatic N) is 3. The van der Waals surface area contributed by atoms with Gasteiger partial charge >= 0.3 is 0 Å². The van der Waals surface area contributed by atoms with Crippen LogP contribution in [0.2, 0.25) is 0 Å². The number of hydrogen-bond acceptors (Lipinski definition) is 6. The predicted molar refractivity (Wildman–Crippen MR) is 126 cm³/mol. The van der Waals surface area contributed by atoms with E-state index in [1.807, 2.05) is 72.4 Å². The molecule has 0 aliphatic rings. The van der Waals surface area contributed by atoms with E-state index < -0.39 is 6.10 Å². The standard InChI is InChI=1S/C24H24N4O3S/c1-16(31-15-17-8-7-11-19(14-17)30-3)23(29)27-24-26-20(18-9-5-4-6-10-18)21(32-24)22-25-12-13-28(22)2/h4-14,16H,15H2,1-3H3,(H,26,27,29). The topological polar surface area (TPSA) is 78.3 Å². The zero-order chi connectivity index (χ0) is 22.5. The van der Waals surface area contributed by atoms with E-state index in [9.17, 15) is 4.79 Å². The van der Waals surface area contributed by atoms with Crippen molar-refractivity contribution in [2.24, 2.45) is 7.05 Å². The molecule has 0 aliphatic heterocycles. The van der Waals surface area contributed by atoms with Gasteiger partial charge < -0.3 is 14.0 Å². The fourth-order valence-electron chi connectivity index (χ4n) is 3.17. The van der Waals surface area contributed by atoms with Crippen LogP contribution in [0.3, 0.4) is 0 Å². The van der Waals surface area contributed by atoms with Crippen LogP contribution in [-0.4, -0.2) is 33.7 Å². The molecule has 4 aromatic rings. The summed E-state index contributed by atoms with van der Waals surface area (Å²) >= 11 is 1.39. The van der Waals surface area contributed by atoms with Gasteiger partial charge in [-0.1, -0.05) is 53.8 Å². The highest BCUT2D eigenvalue weighted by Crippen LogP contribution is 2.38. The Morgan fingerprint density at radius 1 is 1.19 bits per heavy atom. The van der Waals surface area contributed by atoms with Gasteiger partial charge in [0.1, 0.15) is 11.9 Å². The van der Waals surface area contributed by atoms with Crippen LogP contribution in [0.15, 0.2) is 67.0 Å². The molecule has 7 nitrogen and oxygen atoms in total. The van der Waals surface area contributed by atoms with E-state index in [1.54, 1.807) is 20.2 Å². The van der Waals surface area contributed by atoms with E-state index in [1.165, 1.54) is 11.3 Å². The minimum absolute atomic E-state index is 0.257. The van der Waals surface area contributed by atoms with Crippen molar-refractivity contribution < 1.29 is 14.3 Å². The number of aromatic nitrogens is 3. The van der Waals surface area contributed by atoms with E-state index in [2.05, 4.69) is 10.3 Å². The average Bonchev–Trinajstić information content (AvgIpc) is 3.43. The molecule has 1 unspecified atom stereocenters. The summed E-state index contributed by atoms with van der Waals surface area (Å²) < 4.78 is 12.9. The zero-order valence-corrected chi connectivity index (χ0v) is 18.9. The molecule has 0 fully saturated rings. The Hall–Kier alpha value is -3.49. The number of carbonyl (C=O) groups excluding carboxylic acids is 1. The monoisotopic (exact) mass is 448 g/mol. The molecule has 0 bridgehead atoms. The third-order valence-electron chi connectivity index (χ3n) is 4.93. The average molecular weight is 449 g/mol. The first kappa shape index (κ1) is 21.7. The SMILES string of the molecule is COc1cccc(COC(C)C(=O)Nc2nc(-c3ccccc3)c(-c3nccn3C)s2)c1. The lowest BCUT2D eigenvalue weighted by Gasteiger charge is -2.12. The molecule has 32 heavy (non-hydrogen) atoms. The van der Waals surface area contributed by atoms with Gasteiger partial charge in [0, 0.05) is 25.0 Å². The third kappa shape index (κ3) is 4.87. The van der Waals surface area contributed by atoms with Crippen LogP contribution in [0.25, 0.3) is 22.0 Å². The Morgan fingerprint density at radius 2 is 2.00 bits per heavy atom. The van der Waals surface area contributed by atoms with Crippen LogP contribution in [0, 0.1) is 0 Å². The summed E-state index contributed by atoms with van der Waals surface area (Å²) in [5.74, 6) is 1.29. The van der Waals surface area contributed by atoms with Crippen molar-refractivity contribution in [3.63, 3.8) is 0 Å². The number of ether oxygens (including phenoxy) is 2. The number of imidazole rings is 1. The lowest BCUT2D eigenvalue weighted by atomic mass is 10.1. The van der Waals surface area contributed by atoms with Gasteiger partial charge in [-0.3, -0.25) is 10.1 Å². The predicted octanol–water partition coefficient (Wildman–Crippen LogP) is 4.76. The number of rotatable bonds is 8. The lowest BCUT2D eigenvalue weighted by Crippen LogP contribution is -2.27. The molecule has 0 saturated carbocycles. The molecule has 0 aliphatic carbocycles. The van der Waals surface area contributed by atoms with Gasteiger partial charge in [0.15, 0.2) is 11.0 Å². The third-order valence-corrected chi connectivity index (χ3v) is 5.90. The number of nitrogens with one attached hydrogen (secondary N) is 1. The Balaban J connectivity index is 1.50. The summed E-state index contributed by atoms with van der Waals surface area (Å²) in [4.78, 5) is 22.8. The highest BCUT2D eigenvalue weighted by Gasteiger charge is 2.21. The van der Waals surface area contributed by atoms with Gasteiger partial charge in [-0.2, -0.15) is 0 Å². The van der Waals surface area contributed by atoms with Crippen molar-refractivity contribution in [3.05, 3.63) is 72.6 Å². The summed E-state index contributed by atoms with van der Waals surface area (Å²) in [5, 5.41) is 3.40. The fraction of sp³-hybridized carbons (Fsp3) is 0.208. The molecular formula is C24H24N4O3S. The maximum absolute atomic E-state index is 12.8. The molecule has 0 saturated heterocycles. The molecule has 2 aromatic heterocycles. The van der Waals surface area contributed by atoms with Crippen LogP contribution in [0.4, 0.5) is 5.13 Å². The number of methoxy groups -OCH3 is 1. The summed E-state index contributed by atoms with van der Waals surface area (Å²) in [6, 6.07) is 17.4. The Labute approximate surface area is 190 Å². The van der Waals surface area contributed by atoms with Gasteiger partial charge in [-0.05, 0) is 24.6 Å². The molecule has 1 amide bonds. The van der Waals surface area contributed by atoms with Crippen LogP contribution < -0.4 is 10.1 Å². The Kier molecular flexibility index (Phi) is 6.63. The molecule has 2 aromatic carbocycles. The van der Waals surface area contributed by atoms with Gasteiger partial charge in [-0.15, -0.1) is 0 Å². The Bertz CT molecular complexity index is 1200. The summed E-state index contributed by atoms with van der Waals surface area (Å²) in [5.41, 5.74) is 2.68. The molecular weight excluding hydrogens is 424 g/mol. The molecule has 2 heterocycles. The molecule has 1 N–H and O–H groups in total. The number of benzene rings is 2. The van der Waals surface area contributed by atoms with Crippen LogP contribution in [0.5, 0.6) is 5.75 Å². The van der Waals surface area contributed by atoms with Crippen LogP contribution in [-0.2, 0) is 23.2 Å². The van der Waals surface area contributed by atoms with Crippen molar-refractivity contribution >= 4 is 22.4 Å². The molecule has 0 spiro atoms.